The minimum absolute atomic E-state index is 0.0560. The fraction of sp³-hybridized carbons (Fsp3) is 0.226. The highest BCUT2D eigenvalue weighted by molar-refractivity contribution is 7.89. The van der Waals surface area contributed by atoms with Gasteiger partial charge in [0.05, 0.1) is 23.3 Å². The van der Waals surface area contributed by atoms with Crippen LogP contribution >= 0.6 is 0 Å². The van der Waals surface area contributed by atoms with Crippen molar-refractivity contribution in [3.8, 4) is 22.9 Å². The Labute approximate surface area is 249 Å². The van der Waals surface area contributed by atoms with Crippen LogP contribution in [0.25, 0.3) is 5.69 Å². The standard InChI is InChI=1S/C31H31N3O8S/c1-19-14-27(40-3)23(15-21-10-11-26-28(16-21)42-18-41-26)20(2)29(19)43(38,39)33-24(31(36)37)17-32-30(35)22-8-4-5-9-25(22)34-12-6-7-13-34/h4-14,16,24,33H,15,17-18H2,1-3H3,(H,32,35)(H,36,37)/t24-/m1/s1. The largest absolute Gasteiger partial charge is 0.496 e. The number of methoxy groups -OCH3 is 1. The second-order valence-corrected chi connectivity index (χ2v) is 11.7. The van der Waals surface area contributed by atoms with Crippen LogP contribution in [-0.4, -0.2) is 56.5 Å². The molecule has 11 nitrogen and oxygen atoms in total. The number of rotatable bonds is 11. The van der Waals surface area contributed by atoms with Crippen LogP contribution in [-0.2, 0) is 21.2 Å². The maximum atomic E-state index is 13.7. The lowest BCUT2D eigenvalue weighted by Gasteiger charge is -2.21. The Bertz CT molecular complexity index is 1780. The fourth-order valence-corrected chi connectivity index (χ4v) is 6.82. The summed E-state index contributed by atoms with van der Waals surface area (Å²) in [6.07, 6.45) is 3.88. The molecule has 0 spiro atoms. The third-order valence-corrected chi connectivity index (χ3v) is 8.96. The number of aromatic nitrogens is 1. The van der Waals surface area contributed by atoms with Crippen LogP contribution in [0.2, 0.25) is 0 Å². The Balaban J connectivity index is 1.39. The van der Waals surface area contributed by atoms with E-state index in [2.05, 4.69) is 10.0 Å². The topological polar surface area (TPSA) is 145 Å². The Morgan fingerprint density at radius 3 is 2.47 bits per heavy atom. The van der Waals surface area contributed by atoms with Gasteiger partial charge in [-0.15, -0.1) is 0 Å². The third-order valence-electron chi connectivity index (χ3n) is 7.20. The molecule has 3 aromatic carbocycles. The Morgan fingerprint density at radius 1 is 1.02 bits per heavy atom. The molecule has 0 saturated carbocycles. The van der Waals surface area contributed by atoms with Gasteiger partial charge in [-0.05, 0) is 73.0 Å². The van der Waals surface area contributed by atoms with Crippen LogP contribution < -0.4 is 24.2 Å². The molecule has 4 aromatic rings. The number of aryl methyl sites for hydroxylation is 1. The summed E-state index contributed by atoms with van der Waals surface area (Å²) in [6.45, 7) is 2.92. The van der Waals surface area contributed by atoms with E-state index in [0.29, 0.717) is 51.6 Å². The molecule has 0 bridgehead atoms. The van der Waals surface area contributed by atoms with Gasteiger partial charge in [0, 0.05) is 30.9 Å². The molecule has 1 atom stereocenters. The molecule has 0 radical (unpaired) electrons. The summed E-state index contributed by atoms with van der Waals surface area (Å²) >= 11 is 0. The summed E-state index contributed by atoms with van der Waals surface area (Å²) in [4.78, 5) is 25.2. The van der Waals surface area contributed by atoms with E-state index >= 15 is 0 Å². The number of nitrogens with zero attached hydrogens (tertiary/aromatic N) is 1. The van der Waals surface area contributed by atoms with Crippen LogP contribution in [0.15, 0.2) is 78.0 Å². The first-order chi connectivity index (χ1) is 20.6. The smallest absolute Gasteiger partial charge is 0.323 e. The van der Waals surface area contributed by atoms with Gasteiger partial charge in [0.25, 0.3) is 5.91 Å². The summed E-state index contributed by atoms with van der Waals surface area (Å²) in [5, 5.41) is 12.5. The van der Waals surface area contributed by atoms with E-state index in [-0.39, 0.29) is 11.7 Å². The number of carbonyl (C=O) groups is 2. The number of carboxylic acids is 1. The summed E-state index contributed by atoms with van der Waals surface area (Å²) < 4.78 is 47.9. The van der Waals surface area contributed by atoms with Crippen LogP contribution in [0.3, 0.4) is 0 Å². The van der Waals surface area contributed by atoms with Gasteiger partial charge >= 0.3 is 5.97 Å². The fourth-order valence-electron chi connectivity index (χ4n) is 5.14. The molecule has 1 amide bonds. The van der Waals surface area contributed by atoms with Crippen LogP contribution in [0.4, 0.5) is 0 Å². The van der Waals surface area contributed by atoms with Crippen LogP contribution in [0, 0.1) is 13.8 Å². The molecule has 1 aliphatic rings. The van der Waals surface area contributed by atoms with Crippen LogP contribution in [0.1, 0.15) is 32.6 Å². The lowest BCUT2D eigenvalue weighted by atomic mass is 9.97. The van der Waals surface area contributed by atoms with Gasteiger partial charge in [-0.25, -0.2) is 8.42 Å². The predicted molar refractivity (Wildman–Crippen MR) is 158 cm³/mol. The van der Waals surface area contributed by atoms with E-state index in [1.54, 1.807) is 67.2 Å². The molecule has 43 heavy (non-hydrogen) atoms. The van der Waals surface area contributed by atoms with Crippen molar-refractivity contribution in [1.82, 2.24) is 14.6 Å². The number of nitrogens with one attached hydrogen (secondary N) is 2. The maximum absolute atomic E-state index is 13.7. The first kappa shape index (κ1) is 29.7. The normalized spacial score (nSPS) is 13.0. The predicted octanol–water partition coefficient (Wildman–Crippen LogP) is 3.58. The average Bonchev–Trinajstić information content (AvgIpc) is 3.68. The molecule has 1 aromatic heterocycles. The Morgan fingerprint density at radius 2 is 1.74 bits per heavy atom. The number of carbonyl (C=O) groups excluding carboxylic acids is 1. The highest BCUT2D eigenvalue weighted by atomic mass is 32.2. The summed E-state index contributed by atoms with van der Waals surface area (Å²) in [5.41, 5.74) is 3.16. The van der Waals surface area contributed by atoms with Gasteiger partial charge < -0.3 is 29.2 Å². The van der Waals surface area contributed by atoms with Crippen molar-refractivity contribution < 1.29 is 37.3 Å². The zero-order valence-corrected chi connectivity index (χ0v) is 24.6. The van der Waals surface area contributed by atoms with Crippen LogP contribution in [0.5, 0.6) is 17.2 Å². The SMILES string of the molecule is COc1cc(C)c(S(=O)(=O)N[C@H](CNC(=O)c2ccccc2-n2cccc2)C(=O)O)c(C)c1Cc1ccc2c(c1)OCO2. The van der Waals surface area contributed by atoms with Gasteiger partial charge in [-0.2, -0.15) is 4.72 Å². The number of sulfonamides is 1. The first-order valence-electron chi connectivity index (χ1n) is 13.4. The highest BCUT2D eigenvalue weighted by Gasteiger charge is 2.30. The monoisotopic (exact) mass is 605 g/mol. The van der Waals surface area contributed by atoms with Gasteiger partial charge in [0.15, 0.2) is 11.5 Å². The quantitative estimate of drug-likeness (QED) is 0.235. The molecule has 12 heteroatoms. The molecule has 3 N–H and O–H groups in total. The number of fused-ring (bicyclic) bond motifs is 1. The molecular weight excluding hydrogens is 574 g/mol. The van der Waals surface area contributed by atoms with E-state index in [9.17, 15) is 23.1 Å². The number of carboxylic acid groups (broad SMARTS) is 1. The lowest BCUT2D eigenvalue weighted by Crippen LogP contribution is -2.48. The van der Waals surface area contributed by atoms with E-state index in [1.165, 1.54) is 7.11 Å². The van der Waals surface area contributed by atoms with E-state index in [1.807, 2.05) is 24.3 Å². The molecule has 2 heterocycles. The van der Waals surface area contributed by atoms with Gasteiger partial charge in [0.2, 0.25) is 16.8 Å². The van der Waals surface area contributed by atoms with E-state index in [4.69, 9.17) is 14.2 Å². The number of para-hydroxylation sites is 1. The molecular formula is C31H31N3O8S. The number of amides is 1. The van der Waals surface area contributed by atoms with Crippen molar-refractivity contribution in [2.24, 2.45) is 0 Å². The molecule has 0 fully saturated rings. The second kappa shape index (κ2) is 12.2. The average molecular weight is 606 g/mol. The zero-order valence-electron chi connectivity index (χ0n) is 23.8. The van der Waals surface area contributed by atoms with Gasteiger partial charge in [-0.1, -0.05) is 18.2 Å². The summed E-state index contributed by atoms with van der Waals surface area (Å²) in [7, 11) is -2.86. The molecule has 0 saturated heterocycles. The first-order valence-corrected chi connectivity index (χ1v) is 14.9. The minimum Gasteiger partial charge on any atom is -0.496 e. The highest BCUT2D eigenvalue weighted by Crippen LogP contribution is 2.36. The van der Waals surface area contributed by atoms with Crippen molar-refractivity contribution in [2.45, 2.75) is 31.2 Å². The van der Waals surface area contributed by atoms with Crippen molar-refractivity contribution in [1.29, 1.82) is 0 Å². The molecule has 0 unspecified atom stereocenters. The Kier molecular flexibility index (Phi) is 8.42. The number of benzene rings is 3. The van der Waals surface area contributed by atoms with E-state index < -0.39 is 34.5 Å². The van der Waals surface area contributed by atoms with E-state index in [0.717, 1.165) is 5.56 Å². The number of hydrogen-bond donors (Lipinski definition) is 3. The minimum atomic E-state index is -4.36. The molecule has 224 valence electrons. The Hall–Kier alpha value is -4.81. The maximum Gasteiger partial charge on any atom is 0.323 e. The number of aliphatic carboxylic acids is 1. The zero-order chi connectivity index (χ0) is 30.7. The second-order valence-electron chi connectivity index (χ2n) is 10.0. The van der Waals surface area contributed by atoms with Gasteiger partial charge in [-0.3, -0.25) is 9.59 Å². The van der Waals surface area contributed by atoms with Crippen molar-refractivity contribution in [3.63, 3.8) is 0 Å². The molecule has 5 rings (SSSR count). The number of hydrogen-bond acceptors (Lipinski definition) is 7. The van der Waals surface area contributed by atoms with Crippen molar-refractivity contribution >= 4 is 21.9 Å². The lowest BCUT2D eigenvalue weighted by molar-refractivity contribution is -0.138. The van der Waals surface area contributed by atoms with Crippen molar-refractivity contribution in [2.75, 3.05) is 20.4 Å². The summed E-state index contributed by atoms with van der Waals surface area (Å²) in [6, 6.07) is 15.9. The van der Waals surface area contributed by atoms with Crippen molar-refractivity contribution in [3.05, 3.63) is 101 Å². The molecule has 0 aliphatic carbocycles. The summed E-state index contributed by atoms with van der Waals surface area (Å²) in [5.74, 6) is -0.263. The van der Waals surface area contributed by atoms with Gasteiger partial charge in [0.1, 0.15) is 11.8 Å². The number of ether oxygens (including phenoxy) is 3. The molecule has 1 aliphatic heterocycles. The third kappa shape index (κ3) is 6.20.